The summed E-state index contributed by atoms with van der Waals surface area (Å²) >= 11 is 0. The molecule has 1 N–H and O–H groups in total. The molecule has 0 radical (unpaired) electrons. The number of carbonyl (C=O) groups is 1. The Morgan fingerprint density at radius 3 is 2.31 bits per heavy atom. The Bertz CT molecular complexity index is 228. The first-order valence-corrected chi connectivity index (χ1v) is 6.40. The lowest BCUT2D eigenvalue weighted by Gasteiger charge is -2.22. The van der Waals surface area contributed by atoms with E-state index in [1.807, 2.05) is 0 Å². The molecule has 13 heavy (non-hydrogen) atoms. The second-order valence-electron chi connectivity index (χ2n) is 3.91. The van der Waals surface area contributed by atoms with Crippen molar-refractivity contribution in [3.63, 3.8) is 0 Å². The van der Waals surface area contributed by atoms with Gasteiger partial charge in [0.2, 0.25) is 5.91 Å². The molecule has 1 amide bonds. The zero-order valence-electron chi connectivity index (χ0n) is 7.62. The highest BCUT2D eigenvalue weighted by molar-refractivity contribution is 7.85. The van der Waals surface area contributed by atoms with Crippen molar-refractivity contribution < 1.29 is 9.00 Å². The number of carbonyl (C=O) groups excluding carboxylic acids is 1. The summed E-state index contributed by atoms with van der Waals surface area (Å²) in [6.45, 7) is 0. The predicted octanol–water partition coefficient (Wildman–Crippen LogP) is 0.424. The summed E-state index contributed by atoms with van der Waals surface area (Å²) in [6, 6.07) is 0.297. The van der Waals surface area contributed by atoms with Crippen molar-refractivity contribution in [3.8, 4) is 0 Å². The number of hydrogen-bond donors (Lipinski definition) is 1. The van der Waals surface area contributed by atoms with Crippen molar-refractivity contribution in [2.24, 2.45) is 5.92 Å². The van der Waals surface area contributed by atoms with Crippen LogP contribution in [0.25, 0.3) is 0 Å². The van der Waals surface area contributed by atoms with E-state index in [4.69, 9.17) is 0 Å². The number of amides is 1. The zero-order valence-corrected chi connectivity index (χ0v) is 8.44. The normalized spacial score (nSPS) is 34.2. The monoisotopic (exact) mass is 201 g/mol. The highest BCUT2D eigenvalue weighted by atomic mass is 32.2. The minimum Gasteiger partial charge on any atom is -0.353 e. The van der Waals surface area contributed by atoms with Crippen LogP contribution in [0.2, 0.25) is 0 Å². The molecule has 74 valence electrons. The lowest BCUT2D eigenvalue weighted by molar-refractivity contribution is -0.123. The van der Waals surface area contributed by atoms with Crippen molar-refractivity contribution in [2.45, 2.75) is 31.7 Å². The Kier molecular flexibility index (Phi) is 2.67. The molecule has 0 aromatic rings. The van der Waals surface area contributed by atoms with Crippen molar-refractivity contribution in [1.29, 1.82) is 0 Å². The molecular formula is C9H15NO2S. The van der Waals surface area contributed by atoms with Crippen LogP contribution in [0.1, 0.15) is 25.7 Å². The number of hydrogen-bond acceptors (Lipinski definition) is 2. The minimum absolute atomic E-state index is 0.220. The van der Waals surface area contributed by atoms with Gasteiger partial charge in [0.1, 0.15) is 0 Å². The van der Waals surface area contributed by atoms with E-state index in [9.17, 15) is 9.00 Å². The molecule has 0 aromatic heterocycles. The van der Waals surface area contributed by atoms with Gasteiger partial charge in [-0.2, -0.15) is 0 Å². The third-order valence-corrected chi connectivity index (χ3v) is 4.06. The Hall–Kier alpha value is -0.380. The molecule has 1 heterocycles. The highest BCUT2D eigenvalue weighted by Crippen LogP contribution is 2.29. The van der Waals surface area contributed by atoms with Crippen molar-refractivity contribution in [1.82, 2.24) is 5.32 Å². The van der Waals surface area contributed by atoms with Crippen molar-refractivity contribution in [2.75, 3.05) is 11.5 Å². The van der Waals surface area contributed by atoms with Gasteiger partial charge in [-0.3, -0.25) is 9.00 Å². The van der Waals surface area contributed by atoms with Gasteiger partial charge in [-0.15, -0.1) is 0 Å². The van der Waals surface area contributed by atoms with Gasteiger partial charge < -0.3 is 5.32 Å². The quantitative estimate of drug-likeness (QED) is 0.704. The molecule has 0 atom stereocenters. The van der Waals surface area contributed by atoms with Gasteiger partial charge in [-0.25, -0.2) is 0 Å². The van der Waals surface area contributed by atoms with E-state index < -0.39 is 10.8 Å². The Balaban J connectivity index is 1.75. The van der Waals surface area contributed by atoms with Crippen LogP contribution in [0.4, 0.5) is 0 Å². The lowest BCUT2D eigenvalue weighted by atomic mass is 10.1. The highest BCUT2D eigenvalue weighted by Gasteiger charge is 2.31. The Morgan fingerprint density at radius 1 is 1.15 bits per heavy atom. The topological polar surface area (TPSA) is 46.2 Å². The van der Waals surface area contributed by atoms with Crippen LogP contribution in [0, 0.1) is 5.92 Å². The van der Waals surface area contributed by atoms with Gasteiger partial charge >= 0.3 is 0 Å². The van der Waals surface area contributed by atoms with Crippen LogP contribution < -0.4 is 5.32 Å². The van der Waals surface area contributed by atoms with Crippen LogP contribution in [-0.2, 0) is 15.6 Å². The van der Waals surface area contributed by atoms with E-state index in [0.717, 1.165) is 37.2 Å². The summed E-state index contributed by atoms with van der Waals surface area (Å²) in [7, 11) is -0.622. The van der Waals surface area contributed by atoms with Crippen LogP contribution in [-0.4, -0.2) is 27.7 Å². The second kappa shape index (κ2) is 3.78. The molecule has 1 aliphatic carbocycles. The fourth-order valence-electron chi connectivity index (χ4n) is 1.60. The lowest BCUT2D eigenvalue weighted by Crippen LogP contribution is -2.40. The largest absolute Gasteiger partial charge is 0.353 e. The average molecular weight is 201 g/mol. The van der Waals surface area contributed by atoms with E-state index >= 15 is 0 Å². The molecule has 0 spiro atoms. The van der Waals surface area contributed by atoms with Crippen molar-refractivity contribution >= 4 is 16.7 Å². The van der Waals surface area contributed by atoms with E-state index in [1.54, 1.807) is 0 Å². The summed E-state index contributed by atoms with van der Waals surface area (Å²) in [5.74, 6) is 2.04. The molecule has 2 fully saturated rings. The molecule has 0 bridgehead atoms. The molecule has 1 saturated carbocycles. The molecule has 4 heteroatoms. The van der Waals surface area contributed by atoms with Crippen LogP contribution >= 0.6 is 0 Å². The number of rotatable bonds is 2. The van der Waals surface area contributed by atoms with Gasteiger partial charge in [0.25, 0.3) is 0 Å². The smallest absolute Gasteiger partial charge is 0.223 e. The van der Waals surface area contributed by atoms with Gasteiger partial charge in [-0.05, 0) is 25.7 Å². The van der Waals surface area contributed by atoms with Gasteiger partial charge in [0.05, 0.1) is 0 Å². The standard InChI is InChI=1S/C9H15NO2S/c11-9(7-1-2-7)10-8-3-5-13(12)6-4-8/h7-8H,1-6H2,(H,10,11). The molecule has 2 rings (SSSR count). The van der Waals surface area contributed by atoms with E-state index in [2.05, 4.69) is 5.32 Å². The summed E-state index contributed by atoms with van der Waals surface area (Å²) in [5.41, 5.74) is 0. The molecule has 0 unspecified atom stereocenters. The fraction of sp³-hybridized carbons (Fsp3) is 0.889. The summed E-state index contributed by atoms with van der Waals surface area (Å²) in [5, 5.41) is 3.03. The fourth-order valence-corrected chi connectivity index (χ4v) is 2.90. The second-order valence-corrected chi connectivity index (χ2v) is 5.60. The van der Waals surface area contributed by atoms with E-state index in [0.29, 0.717) is 12.0 Å². The summed E-state index contributed by atoms with van der Waals surface area (Å²) < 4.78 is 11.0. The van der Waals surface area contributed by atoms with Crippen LogP contribution in [0.5, 0.6) is 0 Å². The third kappa shape index (κ3) is 2.53. The van der Waals surface area contributed by atoms with E-state index in [-0.39, 0.29) is 5.91 Å². The van der Waals surface area contributed by atoms with Gasteiger partial charge in [0, 0.05) is 34.3 Å². The maximum Gasteiger partial charge on any atom is 0.223 e. The first kappa shape index (κ1) is 9.19. The van der Waals surface area contributed by atoms with Crippen LogP contribution in [0.15, 0.2) is 0 Å². The predicted molar refractivity (Wildman–Crippen MR) is 51.8 cm³/mol. The average Bonchev–Trinajstić information content (AvgIpc) is 2.91. The summed E-state index contributed by atoms with van der Waals surface area (Å²) in [6.07, 6.45) is 3.91. The molecule has 0 aromatic carbocycles. The van der Waals surface area contributed by atoms with Crippen molar-refractivity contribution in [3.05, 3.63) is 0 Å². The molecule has 1 saturated heterocycles. The minimum atomic E-state index is -0.622. The first-order valence-electron chi connectivity index (χ1n) is 4.91. The van der Waals surface area contributed by atoms with Gasteiger partial charge in [0.15, 0.2) is 0 Å². The van der Waals surface area contributed by atoms with E-state index in [1.165, 1.54) is 0 Å². The van der Waals surface area contributed by atoms with Gasteiger partial charge in [-0.1, -0.05) is 0 Å². The molecular weight excluding hydrogens is 186 g/mol. The maximum absolute atomic E-state index is 11.4. The molecule has 2 aliphatic rings. The Labute approximate surface area is 80.7 Å². The Morgan fingerprint density at radius 2 is 1.77 bits per heavy atom. The zero-order chi connectivity index (χ0) is 9.26. The van der Waals surface area contributed by atoms with Crippen LogP contribution in [0.3, 0.4) is 0 Å². The third-order valence-electron chi connectivity index (χ3n) is 2.68. The SMILES string of the molecule is O=C(NC1CCS(=O)CC1)C1CC1. The summed E-state index contributed by atoms with van der Waals surface area (Å²) in [4.78, 5) is 11.4. The maximum atomic E-state index is 11.4. The molecule has 1 aliphatic heterocycles. The first-order chi connectivity index (χ1) is 6.25. The molecule has 3 nitrogen and oxygen atoms in total. The number of nitrogens with one attached hydrogen (secondary N) is 1.